The number of rotatable bonds is 4. The topological polar surface area (TPSA) is 64.3 Å². The summed E-state index contributed by atoms with van der Waals surface area (Å²) in [6.45, 7) is 2.05. The summed E-state index contributed by atoms with van der Waals surface area (Å²) >= 11 is 0. The van der Waals surface area contributed by atoms with Crippen molar-refractivity contribution in [2.45, 2.75) is 19.5 Å². The molecule has 0 fully saturated rings. The molecule has 0 radical (unpaired) electrons. The SMILES string of the molecule is COc1cccc(CN2CCc3nc(-c4ccc(N)cc4)ncc3C2)c1F. The molecule has 0 atom stereocenters. The monoisotopic (exact) mass is 364 g/mol. The van der Waals surface area contributed by atoms with Gasteiger partial charge in [0.25, 0.3) is 0 Å². The number of aromatic nitrogens is 2. The van der Waals surface area contributed by atoms with Crippen molar-refractivity contribution in [2.75, 3.05) is 19.4 Å². The molecule has 5 nitrogen and oxygen atoms in total. The summed E-state index contributed by atoms with van der Waals surface area (Å²) < 4.78 is 19.5. The summed E-state index contributed by atoms with van der Waals surface area (Å²) in [5.74, 6) is 0.697. The molecule has 2 aromatic carbocycles. The highest BCUT2D eigenvalue weighted by Gasteiger charge is 2.20. The highest BCUT2D eigenvalue weighted by Crippen LogP contribution is 2.25. The van der Waals surface area contributed by atoms with Crippen LogP contribution >= 0.6 is 0 Å². The lowest BCUT2D eigenvalue weighted by Crippen LogP contribution is -2.31. The maximum Gasteiger partial charge on any atom is 0.169 e. The van der Waals surface area contributed by atoms with Crippen LogP contribution in [0.15, 0.2) is 48.7 Å². The Morgan fingerprint density at radius 3 is 2.78 bits per heavy atom. The number of nitrogen functional groups attached to an aromatic ring is 1. The molecule has 0 spiro atoms. The second kappa shape index (κ2) is 7.32. The Balaban J connectivity index is 1.51. The van der Waals surface area contributed by atoms with Crippen molar-refractivity contribution in [3.05, 3.63) is 71.3 Å². The van der Waals surface area contributed by atoms with Gasteiger partial charge in [0, 0.05) is 54.6 Å². The van der Waals surface area contributed by atoms with Crippen molar-refractivity contribution in [1.29, 1.82) is 0 Å². The molecule has 1 aromatic heterocycles. The molecule has 1 aliphatic rings. The predicted molar refractivity (Wildman–Crippen MR) is 103 cm³/mol. The number of hydrogen-bond donors (Lipinski definition) is 1. The standard InChI is InChI=1S/C21H21FN4O/c1-27-19-4-2-3-15(20(19)22)12-26-10-9-18-16(13-26)11-24-21(25-18)14-5-7-17(23)8-6-14/h2-8,11H,9-10,12-13,23H2,1H3. The van der Waals surface area contributed by atoms with Gasteiger partial charge < -0.3 is 10.5 Å². The van der Waals surface area contributed by atoms with Crippen molar-refractivity contribution in [2.24, 2.45) is 0 Å². The van der Waals surface area contributed by atoms with E-state index in [1.165, 1.54) is 7.11 Å². The molecule has 0 bridgehead atoms. The number of anilines is 1. The molecule has 0 aliphatic carbocycles. The van der Waals surface area contributed by atoms with Crippen LogP contribution in [0.4, 0.5) is 10.1 Å². The molecule has 27 heavy (non-hydrogen) atoms. The fourth-order valence-electron chi connectivity index (χ4n) is 3.36. The second-order valence-electron chi connectivity index (χ2n) is 6.68. The summed E-state index contributed by atoms with van der Waals surface area (Å²) in [6.07, 6.45) is 2.69. The molecule has 0 saturated heterocycles. The van der Waals surface area contributed by atoms with Crippen LogP contribution in [0.1, 0.15) is 16.8 Å². The minimum atomic E-state index is -0.291. The normalized spacial score (nSPS) is 14.0. The Morgan fingerprint density at radius 1 is 1.19 bits per heavy atom. The third-order valence-electron chi connectivity index (χ3n) is 4.84. The number of methoxy groups -OCH3 is 1. The van der Waals surface area contributed by atoms with Gasteiger partial charge in [-0.1, -0.05) is 12.1 Å². The van der Waals surface area contributed by atoms with E-state index >= 15 is 0 Å². The van der Waals surface area contributed by atoms with Crippen LogP contribution in [0.2, 0.25) is 0 Å². The van der Waals surface area contributed by atoms with E-state index in [1.807, 2.05) is 36.5 Å². The largest absolute Gasteiger partial charge is 0.494 e. The minimum Gasteiger partial charge on any atom is -0.494 e. The van der Waals surface area contributed by atoms with E-state index in [2.05, 4.69) is 9.88 Å². The van der Waals surface area contributed by atoms with Crippen molar-refractivity contribution in [3.8, 4) is 17.1 Å². The average molecular weight is 364 g/mol. The van der Waals surface area contributed by atoms with Gasteiger partial charge in [-0.15, -0.1) is 0 Å². The van der Waals surface area contributed by atoms with Crippen molar-refractivity contribution in [3.63, 3.8) is 0 Å². The summed E-state index contributed by atoms with van der Waals surface area (Å²) in [4.78, 5) is 11.4. The highest BCUT2D eigenvalue weighted by atomic mass is 19.1. The number of benzene rings is 2. The molecule has 6 heteroatoms. The van der Waals surface area contributed by atoms with Crippen LogP contribution < -0.4 is 10.5 Å². The maximum absolute atomic E-state index is 14.4. The number of nitrogens with zero attached hydrogens (tertiary/aromatic N) is 3. The van der Waals surface area contributed by atoms with Crippen LogP contribution in [-0.2, 0) is 19.5 Å². The van der Waals surface area contributed by atoms with Crippen molar-refractivity contribution < 1.29 is 9.13 Å². The van der Waals surface area contributed by atoms with Gasteiger partial charge in [0.1, 0.15) is 0 Å². The van der Waals surface area contributed by atoms with E-state index < -0.39 is 0 Å². The van der Waals surface area contributed by atoms with Crippen LogP contribution in [0.5, 0.6) is 5.75 Å². The van der Waals surface area contributed by atoms with Crippen LogP contribution in [0.25, 0.3) is 11.4 Å². The lowest BCUT2D eigenvalue weighted by atomic mass is 10.1. The Morgan fingerprint density at radius 2 is 2.00 bits per heavy atom. The third-order valence-corrected chi connectivity index (χ3v) is 4.84. The zero-order valence-corrected chi connectivity index (χ0v) is 15.2. The average Bonchev–Trinajstić information content (AvgIpc) is 2.70. The first-order valence-electron chi connectivity index (χ1n) is 8.88. The molecule has 0 amide bonds. The Labute approximate surface area is 157 Å². The summed E-state index contributed by atoms with van der Waals surface area (Å²) in [6, 6.07) is 12.8. The second-order valence-corrected chi connectivity index (χ2v) is 6.68. The van der Waals surface area contributed by atoms with Crippen molar-refractivity contribution >= 4 is 5.69 Å². The zero-order valence-electron chi connectivity index (χ0n) is 15.2. The Bertz CT molecular complexity index is 959. The fourth-order valence-corrected chi connectivity index (χ4v) is 3.36. The maximum atomic E-state index is 14.4. The van der Waals surface area contributed by atoms with E-state index in [0.29, 0.717) is 24.5 Å². The first-order valence-corrected chi connectivity index (χ1v) is 8.88. The van der Waals surface area contributed by atoms with Gasteiger partial charge in [-0.3, -0.25) is 4.90 Å². The number of ether oxygens (including phenoxy) is 1. The molecule has 138 valence electrons. The van der Waals surface area contributed by atoms with E-state index in [9.17, 15) is 4.39 Å². The lowest BCUT2D eigenvalue weighted by Gasteiger charge is -2.28. The first kappa shape index (κ1) is 17.4. The van der Waals surface area contributed by atoms with Crippen molar-refractivity contribution in [1.82, 2.24) is 14.9 Å². The van der Waals surface area contributed by atoms with Gasteiger partial charge in [0.05, 0.1) is 12.8 Å². The molecule has 2 N–H and O–H groups in total. The third kappa shape index (κ3) is 3.61. The molecule has 3 aromatic rings. The molecule has 0 saturated carbocycles. The quantitative estimate of drug-likeness (QED) is 0.719. The van der Waals surface area contributed by atoms with Gasteiger partial charge in [-0.2, -0.15) is 0 Å². The lowest BCUT2D eigenvalue weighted by molar-refractivity contribution is 0.238. The Kier molecular flexibility index (Phi) is 4.73. The van der Waals surface area contributed by atoms with Crippen LogP contribution in [0, 0.1) is 5.82 Å². The predicted octanol–water partition coefficient (Wildman–Crippen LogP) is 3.43. The zero-order chi connectivity index (χ0) is 18.8. The van der Waals surface area contributed by atoms with Gasteiger partial charge in [-0.25, -0.2) is 14.4 Å². The summed E-state index contributed by atoms with van der Waals surface area (Å²) in [5.41, 5.74) is 10.2. The van der Waals surface area contributed by atoms with Gasteiger partial charge in [0.2, 0.25) is 0 Å². The van der Waals surface area contributed by atoms with Gasteiger partial charge in [-0.05, 0) is 30.3 Å². The van der Waals surface area contributed by atoms with Gasteiger partial charge in [0.15, 0.2) is 17.4 Å². The Hall–Kier alpha value is -2.99. The molecular formula is C21H21FN4O. The summed E-state index contributed by atoms with van der Waals surface area (Å²) in [5, 5.41) is 0. The number of hydrogen-bond acceptors (Lipinski definition) is 5. The molecule has 1 aliphatic heterocycles. The highest BCUT2D eigenvalue weighted by molar-refractivity contribution is 5.58. The van der Waals surface area contributed by atoms with E-state index in [4.69, 9.17) is 15.5 Å². The number of fused-ring (bicyclic) bond motifs is 1. The van der Waals surface area contributed by atoms with E-state index in [1.54, 1.807) is 12.1 Å². The molecule has 2 heterocycles. The van der Waals surface area contributed by atoms with E-state index in [0.717, 1.165) is 35.5 Å². The smallest absolute Gasteiger partial charge is 0.169 e. The fraction of sp³-hybridized carbons (Fsp3) is 0.238. The van der Waals surface area contributed by atoms with Crippen LogP contribution in [0.3, 0.4) is 0 Å². The number of nitrogens with two attached hydrogens (primary N) is 1. The molecule has 0 unspecified atom stereocenters. The van der Waals surface area contributed by atoms with Gasteiger partial charge >= 0.3 is 0 Å². The van der Waals surface area contributed by atoms with E-state index in [-0.39, 0.29) is 11.6 Å². The van der Waals surface area contributed by atoms with Crippen LogP contribution in [-0.4, -0.2) is 28.5 Å². The summed E-state index contributed by atoms with van der Waals surface area (Å²) in [7, 11) is 1.48. The molecular weight excluding hydrogens is 343 g/mol. The number of halogens is 1. The first-order chi connectivity index (χ1) is 13.1. The minimum absolute atomic E-state index is 0.279. The molecule has 4 rings (SSSR count).